The molecule has 0 aliphatic carbocycles. The van der Waals surface area contributed by atoms with Gasteiger partial charge in [0.25, 0.3) is 5.91 Å². The Kier molecular flexibility index (Phi) is 6.39. The number of nitrogens with zero attached hydrogens (tertiary/aromatic N) is 1. The van der Waals surface area contributed by atoms with Crippen molar-refractivity contribution in [1.82, 2.24) is 10.2 Å². The fourth-order valence-electron chi connectivity index (χ4n) is 5.31. The lowest BCUT2D eigenvalue weighted by Crippen LogP contribution is -2.55. The Labute approximate surface area is 182 Å². The first-order chi connectivity index (χ1) is 15.0. The highest BCUT2D eigenvalue weighted by Crippen LogP contribution is 2.45. The van der Waals surface area contributed by atoms with E-state index < -0.39 is 24.0 Å². The topological polar surface area (TPSA) is 89.9 Å². The fraction of sp³-hybridized carbons (Fsp3) is 0.440. The molecule has 0 spiro atoms. The van der Waals surface area contributed by atoms with Gasteiger partial charge in [0.2, 0.25) is 0 Å². The van der Waals surface area contributed by atoms with Crippen LogP contribution in [0.25, 0.3) is 0 Å². The van der Waals surface area contributed by atoms with Gasteiger partial charge in [0.05, 0.1) is 5.60 Å². The molecule has 3 N–H and O–H groups in total. The van der Waals surface area contributed by atoms with Gasteiger partial charge in [-0.05, 0) is 61.9 Å². The van der Waals surface area contributed by atoms with Crippen molar-refractivity contribution in [3.63, 3.8) is 0 Å². The molecule has 0 aromatic heterocycles. The van der Waals surface area contributed by atoms with Crippen LogP contribution >= 0.6 is 0 Å². The van der Waals surface area contributed by atoms with Crippen molar-refractivity contribution in [3.8, 4) is 0 Å². The van der Waals surface area contributed by atoms with Gasteiger partial charge in [0.1, 0.15) is 6.54 Å². The highest BCUT2D eigenvalue weighted by molar-refractivity contribution is 5.97. The van der Waals surface area contributed by atoms with E-state index in [1.165, 1.54) is 0 Å². The maximum Gasteiger partial charge on any atom is 0.322 e. The third-order valence-corrected chi connectivity index (χ3v) is 6.98. The Bertz CT molecular complexity index is 924. The van der Waals surface area contributed by atoms with Crippen LogP contribution in [0.15, 0.2) is 54.6 Å². The number of carboxylic acids is 1. The maximum absolute atomic E-state index is 12.5. The predicted octanol–water partition coefficient (Wildman–Crippen LogP) is 2.66. The number of carboxylic acid groups (broad SMARTS) is 1. The molecule has 5 rings (SSSR count). The monoisotopic (exact) mass is 422 g/mol. The van der Waals surface area contributed by atoms with E-state index in [0.29, 0.717) is 24.3 Å². The van der Waals surface area contributed by atoms with E-state index in [9.17, 15) is 14.7 Å². The number of aliphatic hydroxyl groups is 1. The third kappa shape index (κ3) is 4.65. The molecule has 2 unspecified atom stereocenters. The van der Waals surface area contributed by atoms with Crippen LogP contribution in [-0.4, -0.2) is 53.2 Å². The minimum Gasteiger partial charge on any atom is -0.480 e. The summed E-state index contributed by atoms with van der Waals surface area (Å²) >= 11 is 0. The fourth-order valence-corrected chi connectivity index (χ4v) is 5.31. The summed E-state index contributed by atoms with van der Waals surface area (Å²) in [6, 6.07) is 17.1. The smallest absolute Gasteiger partial charge is 0.322 e. The van der Waals surface area contributed by atoms with Gasteiger partial charge >= 0.3 is 5.97 Å². The van der Waals surface area contributed by atoms with Crippen LogP contribution in [0.3, 0.4) is 0 Å². The van der Waals surface area contributed by atoms with Gasteiger partial charge in [-0.2, -0.15) is 0 Å². The third-order valence-electron chi connectivity index (χ3n) is 6.98. The van der Waals surface area contributed by atoms with E-state index >= 15 is 0 Å². The standard InChI is InChI=1S/C25H30N2O4/c28-23(29)16-26-24(30)21-9-5-4-6-18(21)10-13-25(31,20-7-2-1-3-8-20)22-17-27-14-11-19(22)12-15-27/h1-9,19,22,31H,10-17H2,(H,26,30)(H,28,29). The zero-order chi connectivity index (χ0) is 21.8. The lowest BCUT2D eigenvalue weighted by Gasteiger charge is -2.51. The summed E-state index contributed by atoms with van der Waals surface area (Å²) in [5.74, 6) is -0.814. The van der Waals surface area contributed by atoms with Crippen molar-refractivity contribution in [3.05, 3.63) is 71.3 Å². The average Bonchev–Trinajstić information content (AvgIpc) is 2.82. The molecule has 6 heteroatoms. The summed E-state index contributed by atoms with van der Waals surface area (Å²) in [5.41, 5.74) is 1.24. The number of carbonyl (C=O) groups excluding carboxylic acids is 1. The Morgan fingerprint density at radius 3 is 2.35 bits per heavy atom. The van der Waals surface area contributed by atoms with Gasteiger partial charge in [-0.1, -0.05) is 48.5 Å². The molecule has 31 heavy (non-hydrogen) atoms. The van der Waals surface area contributed by atoms with E-state index in [2.05, 4.69) is 10.2 Å². The molecule has 2 aromatic carbocycles. The number of nitrogens with one attached hydrogen (secondary N) is 1. The van der Waals surface area contributed by atoms with Gasteiger partial charge in [-0.25, -0.2) is 0 Å². The summed E-state index contributed by atoms with van der Waals surface area (Å²) in [6.07, 6.45) is 3.28. The van der Waals surface area contributed by atoms with Crippen molar-refractivity contribution in [2.45, 2.75) is 31.3 Å². The summed E-state index contributed by atoms with van der Waals surface area (Å²) in [5, 5.41) is 23.4. The number of aliphatic carboxylic acids is 1. The quantitative estimate of drug-likeness (QED) is 0.609. The predicted molar refractivity (Wildman–Crippen MR) is 118 cm³/mol. The number of rotatable bonds is 8. The number of hydrogen-bond acceptors (Lipinski definition) is 4. The molecule has 2 aromatic rings. The minimum atomic E-state index is -1.08. The van der Waals surface area contributed by atoms with E-state index in [1.807, 2.05) is 42.5 Å². The second-order valence-electron chi connectivity index (χ2n) is 8.77. The number of piperidine rings is 3. The van der Waals surface area contributed by atoms with Crippen LogP contribution < -0.4 is 5.32 Å². The Morgan fingerprint density at radius 1 is 1.03 bits per heavy atom. The average molecular weight is 423 g/mol. The first kappa shape index (κ1) is 21.5. The molecule has 164 valence electrons. The normalized spacial score (nSPS) is 24.4. The van der Waals surface area contributed by atoms with Crippen molar-refractivity contribution >= 4 is 11.9 Å². The summed E-state index contributed by atoms with van der Waals surface area (Å²) in [4.78, 5) is 25.8. The van der Waals surface area contributed by atoms with Crippen LogP contribution in [0.5, 0.6) is 0 Å². The van der Waals surface area contributed by atoms with Crippen molar-refractivity contribution in [2.24, 2.45) is 11.8 Å². The van der Waals surface area contributed by atoms with Gasteiger partial charge in [-0.3, -0.25) is 9.59 Å². The van der Waals surface area contributed by atoms with Crippen LogP contribution in [0.4, 0.5) is 0 Å². The van der Waals surface area contributed by atoms with Crippen LogP contribution in [0.2, 0.25) is 0 Å². The SMILES string of the molecule is O=C(O)CNC(=O)c1ccccc1CCC(O)(c1ccccc1)C1CN2CCC1CC2. The lowest BCUT2D eigenvalue weighted by molar-refractivity contribution is -0.135. The molecule has 2 bridgehead atoms. The molecule has 6 nitrogen and oxygen atoms in total. The number of aryl methyl sites for hydroxylation is 1. The van der Waals surface area contributed by atoms with Crippen LogP contribution in [-0.2, 0) is 16.8 Å². The zero-order valence-electron chi connectivity index (χ0n) is 17.7. The first-order valence-corrected chi connectivity index (χ1v) is 11.1. The second-order valence-corrected chi connectivity index (χ2v) is 8.77. The van der Waals surface area contributed by atoms with Crippen molar-refractivity contribution in [1.29, 1.82) is 0 Å². The molecule has 3 saturated heterocycles. The van der Waals surface area contributed by atoms with E-state index in [0.717, 1.165) is 43.6 Å². The van der Waals surface area contributed by atoms with Crippen LogP contribution in [0, 0.1) is 11.8 Å². The molecule has 3 aliphatic rings. The molecule has 3 fully saturated rings. The van der Waals surface area contributed by atoms with E-state index in [-0.39, 0.29) is 5.92 Å². The minimum absolute atomic E-state index is 0.158. The largest absolute Gasteiger partial charge is 0.480 e. The molecule has 2 atom stereocenters. The number of carbonyl (C=O) groups is 2. The van der Waals surface area contributed by atoms with Crippen molar-refractivity contribution in [2.75, 3.05) is 26.2 Å². The molecule has 3 aliphatic heterocycles. The number of amides is 1. The summed E-state index contributed by atoms with van der Waals surface area (Å²) < 4.78 is 0. The summed E-state index contributed by atoms with van der Waals surface area (Å²) in [7, 11) is 0. The number of benzene rings is 2. The van der Waals surface area contributed by atoms with E-state index in [4.69, 9.17) is 5.11 Å². The Morgan fingerprint density at radius 2 is 1.71 bits per heavy atom. The lowest BCUT2D eigenvalue weighted by atomic mass is 9.66. The molecule has 0 saturated carbocycles. The molecule has 1 amide bonds. The van der Waals surface area contributed by atoms with Gasteiger partial charge in [-0.15, -0.1) is 0 Å². The number of hydrogen-bond donors (Lipinski definition) is 3. The Hall–Kier alpha value is -2.70. The molecular weight excluding hydrogens is 392 g/mol. The second kappa shape index (κ2) is 9.20. The highest BCUT2D eigenvalue weighted by Gasteiger charge is 2.47. The Balaban J connectivity index is 1.58. The molecule has 3 heterocycles. The van der Waals surface area contributed by atoms with Crippen LogP contribution in [0.1, 0.15) is 40.7 Å². The van der Waals surface area contributed by atoms with Gasteiger partial charge in [0, 0.05) is 18.0 Å². The maximum atomic E-state index is 12.5. The van der Waals surface area contributed by atoms with Gasteiger partial charge in [0.15, 0.2) is 0 Å². The highest BCUT2D eigenvalue weighted by atomic mass is 16.4. The zero-order valence-corrected chi connectivity index (χ0v) is 17.7. The summed E-state index contributed by atoms with van der Waals surface area (Å²) in [6.45, 7) is 2.70. The van der Waals surface area contributed by atoms with E-state index in [1.54, 1.807) is 12.1 Å². The molecular formula is C25H30N2O4. The van der Waals surface area contributed by atoms with Gasteiger partial charge < -0.3 is 20.4 Å². The molecule has 0 radical (unpaired) electrons. The number of fused-ring (bicyclic) bond motifs is 3. The van der Waals surface area contributed by atoms with Crippen molar-refractivity contribution < 1.29 is 19.8 Å². The first-order valence-electron chi connectivity index (χ1n) is 11.1.